The Labute approximate surface area is 106 Å². The maximum atomic E-state index is 12.0. The standard InChI is InChI=1S/C14H21NOS/c1-11-8-9-14(17(16)15-2)13(10-11)12-6-4-3-5-7-12/h8-10,12,15H,3-7H2,1-2H3. The molecule has 0 bridgehead atoms. The average Bonchev–Trinajstić information content (AvgIpc) is 2.39. The van der Waals surface area contributed by atoms with Gasteiger partial charge in [0.1, 0.15) is 11.0 Å². The number of rotatable bonds is 3. The predicted octanol–water partition coefficient (Wildman–Crippen LogP) is 3.28. The molecule has 2 nitrogen and oxygen atoms in total. The lowest BCUT2D eigenvalue weighted by atomic mass is 9.83. The van der Waals surface area contributed by atoms with Crippen LogP contribution in [0, 0.1) is 6.92 Å². The fourth-order valence-electron chi connectivity index (χ4n) is 2.68. The van der Waals surface area contributed by atoms with Crippen molar-refractivity contribution in [1.82, 2.24) is 4.72 Å². The van der Waals surface area contributed by atoms with E-state index in [1.165, 1.54) is 43.2 Å². The summed E-state index contributed by atoms with van der Waals surface area (Å²) in [5.41, 5.74) is 2.57. The van der Waals surface area contributed by atoms with Crippen LogP contribution in [0.25, 0.3) is 0 Å². The van der Waals surface area contributed by atoms with Gasteiger partial charge in [-0.2, -0.15) is 0 Å². The molecule has 1 fully saturated rings. The summed E-state index contributed by atoms with van der Waals surface area (Å²) in [6, 6.07) is 6.29. The van der Waals surface area contributed by atoms with Gasteiger partial charge in [0.05, 0.1) is 4.90 Å². The first-order valence-electron chi connectivity index (χ1n) is 6.42. The number of aryl methyl sites for hydroxylation is 1. The van der Waals surface area contributed by atoms with E-state index in [0.29, 0.717) is 5.92 Å². The third kappa shape index (κ3) is 2.96. The average molecular weight is 251 g/mol. The second-order valence-electron chi connectivity index (χ2n) is 4.85. The van der Waals surface area contributed by atoms with Crippen molar-refractivity contribution < 1.29 is 4.21 Å². The molecule has 0 aromatic heterocycles. The fraction of sp³-hybridized carbons (Fsp3) is 0.571. The fourth-order valence-corrected chi connectivity index (χ4v) is 3.53. The zero-order chi connectivity index (χ0) is 12.3. The predicted molar refractivity (Wildman–Crippen MR) is 72.5 cm³/mol. The van der Waals surface area contributed by atoms with Gasteiger partial charge >= 0.3 is 0 Å². The number of benzene rings is 1. The minimum atomic E-state index is -1.06. The van der Waals surface area contributed by atoms with E-state index >= 15 is 0 Å². The van der Waals surface area contributed by atoms with Crippen LogP contribution in [0.4, 0.5) is 0 Å². The van der Waals surface area contributed by atoms with Gasteiger partial charge in [-0.3, -0.25) is 0 Å². The normalized spacial score (nSPS) is 19.2. The topological polar surface area (TPSA) is 29.1 Å². The molecule has 1 aromatic rings. The molecule has 1 saturated carbocycles. The van der Waals surface area contributed by atoms with Gasteiger partial charge in [-0.1, -0.05) is 37.0 Å². The molecule has 1 aliphatic carbocycles. The highest BCUT2D eigenvalue weighted by Gasteiger charge is 2.20. The molecule has 0 saturated heterocycles. The first-order valence-corrected chi connectivity index (χ1v) is 7.57. The summed E-state index contributed by atoms with van der Waals surface area (Å²) >= 11 is 0. The van der Waals surface area contributed by atoms with E-state index in [9.17, 15) is 4.21 Å². The molecule has 0 radical (unpaired) electrons. The van der Waals surface area contributed by atoms with Gasteiger partial charge in [-0.25, -0.2) is 8.93 Å². The van der Waals surface area contributed by atoms with E-state index in [1.54, 1.807) is 7.05 Å². The first kappa shape index (κ1) is 12.8. The molecule has 2 rings (SSSR count). The summed E-state index contributed by atoms with van der Waals surface area (Å²) < 4.78 is 14.8. The summed E-state index contributed by atoms with van der Waals surface area (Å²) in [6.45, 7) is 2.11. The van der Waals surface area contributed by atoms with Crippen molar-refractivity contribution in [2.45, 2.75) is 49.8 Å². The van der Waals surface area contributed by atoms with Crippen molar-refractivity contribution in [2.75, 3.05) is 7.05 Å². The summed E-state index contributed by atoms with van der Waals surface area (Å²) in [5, 5.41) is 0. The second-order valence-corrected chi connectivity index (χ2v) is 6.23. The Hall–Kier alpha value is -0.670. The Balaban J connectivity index is 2.35. The van der Waals surface area contributed by atoms with Crippen LogP contribution in [-0.2, 0) is 11.0 Å². The minimum Gasteiger partial charge on any atom is -0.238 e. The molecule has 1 N–H and O–H groups in total. The van der Waals surface area contributed by atoms with Gasteiger partial charge in [-0.15, -0.1) is 0 Å². The van der Waals surface area contributed by atoms with Crippen LogP contribution in [0.5, 0.6) is 0 Å². The summed E-state index contributed by atoms with van der Waals surface area (Å²) in [5.74, 6) is 0.607. The van der Waals surface area contributed by atoms with Gasteiger partial charge in [0.2, 0.25) is 0 Å². The third-order valence-corrected chi connectivity index (χ3v) is 4.74. The van der Waals surface area contributed by atoms with Gasteiger partial charge in [0.15, 0.2) is 0 Å². The van der Waals surface area contributed by atoms with Crippen molar-refractivity contribution in [3.8, 4) is 0 Å². The van der Waals surface area contributed by atoms with Crippen LogP contribution in [0.15, 0.2) is 23.1 Å². The third-order valence-electron chi connectivity index (χ3n) is 3.60. The molecule has 0 heterocycles. The molecule has 1 atom stereocenters. The van der Waals surface area contributed by atoms with Crippen molar-refractivity contribution in [3.05, 3.63) is 29.3 Å². The molecule has 1 unspecified atom stereocenters. The van der Waals surface area contributed by atoms with E-state index in [-0.39, 0.29) is 0 Å². The number of nitrogens with one attached hydrogen (secondary N) is 1. The van der Waals surface area contributed by atoms with E-state index in [2.05, 4.69) is 23.8 Å². The molecular weight excluding hydrogens is 230 g/mol. The molecule has 94 valence electrons. The monoisotopic (exact) mass is 251 g/mol. The highest BCUT2D eigenvalue weighted by atomic mass is 32.2. The lowest BCUT2D eigenvalue weighted by molar-refractivity contribution is 0.439. The smallest absolute Gasteiger partial charge is 0.124 e. The Morgan fingerprint density at radius 2 is 1.94 bits per heavy atom. The van der Waals surface area contributed by atoms with Crippen molar-refractivity contribution in [2.24, 2.45) is 0 Å². The molecule has 17 heavy (non-hydrogen) atoms. The van der Waals surface area contributed by atoms with Gasteiger partial charge in [-0.05, 0) is 44.4 Å². The van der Waals surface area contributed by atoms with Crippen LogP contribution < -0.4 is 4.72 Å². The van der Waals surface area contributed by atoms with Gasteiger partial charge in [0.25, 0.3) is 0 Å². The van der Waals surface area contributed by atoms with Crippen molar-refractivity contribution >= 4 is 11.0 Å². The van der Waals surface area contributed by atoms with Crippen LogP contribution in [0.3, 0.4) is 0 Å². The molecule has 1 aliphatic rings. The van der Waals surface area contributed by atoms with E-state index in [1.807, 2.05) is 6.07 Å². The maximum absolute atomic E-state index is 12.0. The number of hydrogen-bond donors (Lipinski definition) is 1. The molecule has 0 aliphatic heterocycles. The Bertz CT molecular complexity index is 411. The molecular formula is C14H21NOS. The minimum absolute atomic E-state index is 0.607. The molecule has 0 amide bonds. The zero-order valence-electron chi connectivity index (χ0n) is 10.7. The summed E-state index contributed by atoms with van der Waals surface area (Å²) in [7, 11) is 0.689. The lowest BCUT2D eigenvalue weighted by Gasteiger charge is -2.24. The Morgan fingerprint density at radius 3 is 2.59 bits per heavy atom. The van der Waals surface area contributed by atoms with Crippen LogP contribution in [-0.4, -0.2) is 11.3 Å². The summed E-state index contributed by atoms with van der Waals surface area (Å²) in [6.07, 6.45) is 6.47. The van der Waals surface area contributed by atoms with E-state index in [0.717, 1.165) is 4.90 Å². The van der Waals surface area contributed by atoms with Crippen LogP contribution >= 0.6 is 0 Å². The Morgan fingerprint density at radius 1 is 1.24 bits per heavy atom. The zero-order valence-corrected chi connectivity index (χ0v) is 11.5. The highest BCUT2D eigenvalue weighted by molar-refractivity contribution is 7.83. The molecule has 3 heteroatoms. The first-order chi connectivity index (χ1) is 8.22. The summed E-state index contributed by atoms with van der Waals surface area (Å²) in [4.78, 5) is 0.977. The quantitative estimate of drug-likeness (QED) is 0.877. The lowest BCUT2D eigenvalue weighted by Crippen LogP contribution is -2.15. The van der Waals surface area contributed by atoms with Crippen LogP contribution in [0.1, 0.15) is 49.1 Å². The second kappa shape index (κ2) is 5.78. The van der Waals surface area contributed by atoms with E-state index < -0.39 is 11.0 Å². The van der Waals surface area contributed by atoms with Crippen molar-refractivity contribution in [1.29, 1.82) is 0 Å². The van der Waals surface area contributed by atoms with E-state index in [4.69, 9.17) is 0 Å². The number of hydrogen-bond acceptors (Lipinski definition) is 1. The maximum Gasteiger partial charge on any atom is 0.124 e. The molecule has 0 spiro atoms. The van der Waals surface area contributed by atoms with Crippen LogP contribution in [0.2, 0.25) is 0 Å². The van der Waals surface area contributed by atoms with Gasteiger partial charge in [0, 0.05) is 0 Å². The largest absolute Gasteiger partial charge is 0.238 e. The Kier molecular flexibility index (Phi) is 4.35. The van der Waals surface area contributed by atoms with Crippen molar-refractivity contribution in [3.63, 3.8) is 0 Å². The van der Waals surface area contributed by atoms with Gasteiger partial charge < -0.3 is 0 Å². The molecule has 1 aromatic carbocycles. The SMILES string of the molecule is CNS(=O)c1ccc(C)cc1C1CCCCC1. The highest BCUT2D eigenvalue weighted by Crippen LogP contribution is 2.35.